The topological polar surface area (TPSA) is 42.2 Å². The number of anilines is 2. The summed E-state index contributed by atoms with van der Waals surface area (Å²) >= 11 is 12.1. The van der Waals surface area contributed by atoms with E-state index >= 15 is 0 Å². The van der Waals surface area contributed by atoms with E-state index in [1.165, 1.54) is 0 Å². The van der Waals surface area contributed by atoms with Crippen LogP contribution >= 0.6 is 23.2 Å². The molecule has 0 amide bonds. The monoisotopic (exact) mass is 289 g/mol. The molecule has 0 aliphatic rings. The maximum Gasteiger partial charge on any atom is 0.149 e. The van der Waals surface area contributed by atoms with Crippen molar-refractivity contribution in [3.05, 3.63) is 16.1 Å². The first-order valence-electron chi connectivity index (χ1n) is 6.39. The standard InChI is InChI=1S/C13H21Cl2N3/c1-4-9(5-2)8-18(6-3)13-11(15)7-10(14)12(16)17-13/h7,9H,4-6,8H2,1-3H3,(H2,16,17). The molecule has 0 aliphatic carbocycles. The highest BCUT2D eigenvalue weighted by Crippen LogP contribution is 2.30. The second-order valence-electron chi connectivity index (χ2n) is 4.38. The fourth-order valence-corrected chi connectivity index (χ4v) is 2.39. The van der Waals surface area contributed by atoms with Crippen LogP contribution in [-0.2, 0) is 0 Å². The van der Waals surface area contributed by atoms with Crippen molar-refractivity contribution in [2.24, 2.45) is 5.92 Å². The third kappa shape index (κ3) is 3.66. The highest BCUT2D eigenvalue weighted by Gasteiger charge is 2.16. The van der Waals surface area contributed by atoms with Crippen molar-refractivity contribution in [2.75, 3.05) is 23.7 Å². The first-order valence-corrected chi connectivity index (χ1v) is 7.15. The van der Waals surface area contributed by atoms with Crippen LogP contribution < -0.4 is 10.6 Å². The van der Waals surface area contributed by atoms with Gasteiger partial charge in [-0.3, -0.25) is 0 Å². The average molecular weight is 290 g/mol. The predicted molar refractivity (Wildman–Crippen MR) is 80.6 cm³/mol. The van der Waals surface area contributed by atoms with Crippen molar-refractivity contribution < 1.29 is 0 Å². The van der Waals surface area contributed by atoms with Crippen molar-refractivity contribution >= 4 is 34.8 Å². The molecule has 1 aromatic rings. The van der Waals surface area contributed by atoms with E-state index in [9.17, 15) is 0 Å². The second kappa shape index (κ2) is 7.05. The largest absolute Gasteiger partial charge is 0.382 e. The number of aromatic nitrogens is 1. The number of nitrogens with zero attached hydrogens (tertiary/aromatic N) is 2. The number of nitrogen functional groups attached to an aromatic ring is 1. The van der Waals surface area contributed by atoms with Gasteiger partial charge in [0.2, 0.25) is 0 Å². The summed E-state index contributed by atoms with van der Waals surface area (Å²) in [6.07, 6.45) is 2.29. The molecular weight excluding hydrogens is 269 g/mol. The molecule has 0 fully saturated rings. The van der Waals surface area contributed by atoms with Crippen LogP contribution in [0.1, 0.15) is 33.6 Å². The van der Waals surface area contributed by atoms with Gasteiger partial charge >= 0.3 is 0 Å². The smallest absolute Gasteiger partial charge is 0.149 e. The zero-order chi connectivity index (χ0) is 13.7. The van der Waals surface area contributed by atoms with Gasteiger partial charge in [0, 0.05) is 13.1 Å². The Morgan fingerprint density at radius 3 is 2.33 bits per heavy atom. The van der Waals surface area contributed by atoms with Crippen LogP contribution in [0.25, 0.3) is 0 Å². The van der Waals surface area contributed by atoms with Crippen molar-refractivity contribution in [1.29, 1.82) is 0 Å². The molecule has 2 N–H and O–H groups in total. The summed E-state index contributed by atoms with van der Waals surface area (Å²) in [7, 11) is 0. The van der Waals surface area contributed by atoms with Gasteiger partial charge in [-0.15, -0.1) is 0 Å². The van der Waals surface area contributed by atoms with E-state index in [4.69, 9.17) is 28.9 Å². The van der Waals surface area contributed by atoms with Crippen LogP contribution in [0.3, 0.4) is 0 Å². The van der Waals surface area contributed by atoms with E-state index in [1.54, 1.807) is 6.07 Å². The van der Waals surface area contributed by atoms with E-state index in [1.807, 2.05) is 0 Å². The van der Waals surface area contributed by atoms with Gasteiger partial charge in [0.25, 0.3) is 0 Å². The molecule has 0 aromatic carbocycles. The molecule has 0 saturated heterocycles. The normalized spacial score (nSPS) is 11.0. The van der Waals surface area contributed by atoms with Gasteiger partial charge in [-0.2, -0.15) is 0 Å². The lowest BCUT2D eigenvalue weighted by Crippen LogP contribution is -2.30. The Kier molecular flexibility index (Phi) is 6.03. The van der Waals surface area contributed by atoms with Crippen molar-refractivity contribution in [2.45, 2.75) is 33.6 Å². The minimum atomic E-state index is 0.332. The zero-order valence-corrected chi connectivity index (χ0v) is 12.7. The third-order valence-corrected chi connectivity index (χ3v) is 3.83. The number of pyridine rings is 1. The summed E-state index contributed by atoms with van der Waals surface area (Å²) < 4.78 is 0. The molecule has 0 aliphatic heterocycles. The Balaban J connectivity index is 2.98. The molecular formula is C13H21Cl2N3. The molecule has 1 aromatic heterocycles. The fourth-order valence-electron chi connectivity index (χ4n) is 1.92. The second-order valence-corrected chi connectivity index (χ2v) is 5.20. The Hall–Kier alpha value is -0.670. The zero-order valence-electron chi connectivity index (χ0n) is 11.2. The van der Waals surface area contributed by atoms with Gasteiger partial charge in [0.05, 0.1) is 10.0 Å². The third-order valence-electron chi connectivity index (χ3n) is 3.25. The number of hydrogen-bond acceptors (Lipinski definition) is 3. The molecule has 1 rings (SSSR count). The van der Waals surface area contributed by atoms with E-state index in [0.29, 0.717) is 21.8 Å². The summed E-state index contributed by atoms with van der Waals surface area (Å²) in [5.41, 5.74) is 5.75. The van der Waals surface area contributed by atoms with Crippen LogP contribution in [0.2, 0.25) is 10.0 Å². The first-order chi connectivity index (χ1) is 8.53. The Labute approximate surface area is 119 Å². The number of rotatable bonds is 6. The SMILES string of the molecule is CCC(CC)CN(CC)c1nc(N)c(Cl)cc1Cl. The minimum Gasteiger partial charge on any atom is -0.382 e. The molecule has 0 radical (unpaired) electrons. The summed E-state index contributed by atoms with van der Waals surface area (Å²) in [6, 6.07) is 1.66. The summed E-state index contributed by atoms with van der Waals surface area (Å²) in [5.74, 6) is 1.70. The molecule has 0 unspecified atom stereocenters. The molecule has 18 heavy (non-hydrogen) atoms. The van der Waals surface area contributed by atoms with Crippen molar-refractivity contribution in [1.82, 2.24) is 4.98 Å². The van der Waals surface area contributed by atoms with Crippen LogP contribution in [0.5, 0.6) is 0 Å². The van der Waals surface area contributed by atoms with Gasteiger partial charge in [-0.1, -0.05) is 49.9 Å². The van der Waals surface area contributed by atoms with Gasteiger partial charge in [-0.05, 0) is 18.9 Å². The Morgan fingerprint density at radius 2 is 1.83 bits per heavy atom. The quantitative estimate of drug-likeness (QED) is 0.852. The molecule has 1 heterocycles. The molecule has 0 bridgehead atoms. The molecule has 0 atom stereocenters. The van der Waals surface area contributed by atoms with E-state index in [2.05, 4.69) is 30.7 Å². The van der Waals surface area contributed by atoms with Crippen LogP contribution in [0.4, 0.5) is 11.6 Å². The highest BCUT2D eigenvalue weighted by molar-refractivity contribution is 6.37. The van der Waals surface area contributed by atoms with Crippen LogP contribution in [-0.4, -0.2) is 18.1 Å². The summed E-state index contributed by atoms with van der Waals surface area (Å²) in [4.78, 5) is 6.46. The molecule has 0 spiro atoms. The van der Waals surface area contributed by atoms with Gasteiger partial charge < -0.3 is 10.6 Å². The predicted octanol–water partition coefficient (Wildman–Crippen LogP) is 4.23. The van der Waals surface area contributed by atoms with Crippen LogP contribution in [0, 0.1) is 5.92 Å². The van der Waals surface area contributed by atoms with E-state index in [-0.39, 0.29) is 0 Å². The summed E-state index contributed by atoms with van der Waals surface area (Å²) in [6.45, 7) is 8.29. The minimum absolute atomic E-state index is 0.332. The Bertz CT molecular complexity index is 392. The number of nitrogens with two attached hydrogens (primary N) is 1. The van der Waals surface area contributed by atoms with Gasteiger partial charge in [-0.25, -0.2) is 4.98 Å². The molecule has 3 nitrogen and oxygen atoms in total. The van der Waals surface area contributed by atoms with Crippen LogP contribution in [0.15, 0.2) is 6.07 Å². The molecule has 0 saturated carbocycles. The lowest BCUT2D eigenvalue weighted by Gasteiger charge is -2.27. The van der Waals surface area contributed by atoms with Gasteiger partial charge in [0.1, 0.15) is 11.6 Å². The summed E-state index contributed by atoms with van der Waals surface area (Å²) in [5, 5.41) is 0.962. The number of hydrogen-bond donors (Lipinski definition) is 1. The number of halogens is 2. The molecule has 102 valence electrons. The maximum absolute atomic E-state index is 6.20. The lowest BCUT2D eigenvalue weighted by atomic mass is 10.0. The van der Waals surface area contributed by atoms with Crippen molar-refractivity contribution in [3.63, 3.8) is 0 Å². The molecule has 5 heteroatoms. The first kappa shape index (κ1) is 15.4. The van der Waals surface area contributed by atoms with E-state index < -0.39 is 0 Å². The Morgan fingerprint density at radius 1 is 1.22 bits per heavy atom. The lowest BCUT2D eigenvalue weighted by molar-refractivity contribution is 0.484. The fraction of sp³-hybridized carbons (Fsp3) is 0.615. The van der Waals surface area contributed by atoms with E-state index in [0.717, 1.165) is 31.7 Å². The maximum atomic E-state index is 6.20. The van der Waals surface area contributed by atoms with Gasteiger partial charge in [0.15, 0.2) is 0 Å². The van der Waals surface area contributed by atoms with Crippen molar-refractivity contribution in [3.8, 4) is 0 Å². The average Bonchev–Trinajstić information content (AvgIpc) is 2.36. The highest BCUT2D eigenvalue weighted by atomic mass is 35.5.